The Hall–Kier alpha value is -2.04. The van der Waals surface area contributed by atoms with Crippen LogP contribution in [0.2, 0.25) is 0 Å². The molecule has 0 bridgehead atoms. The molecule has 87 valence electrons. The Morgan fingerprint density at radius 2 is 2.06 bits per heavy atom. The third kappa shape index (κ3) is 2.75. The molecule has 2 aromatic rings. The number of hydrogen-bond donors (Lipinski definition) is 0. The predicted octanol–water partition coefficient (Wildman–Crippen LogP) is 3.29. The van der Waals surface area contributed by atoms with E-state index < -0.39 is 18.2 Å². The molecule has 1 aromatic heterocycles. The molecular formula is C12H7F3NO. The van der Waals surface area contributed by atoms with Crippen molar-refractivity contribution >= 4 is 0 Å². The van der Waals surface area contributed by atoms with Crippen LogP contribution in [0.1, 0.15) is 0 Å². The van der Waals surface area contributed by atoms with Gasteiger partial charge < -0.3 is 4.74 Å². The number of halogens is 3. The van der Waals surface area contributed by atoms with Gasteiger partial charge in [-0.05, 0) is 23.8 Å². The van der Waals surface area contributed by atoms with E-state index in [4.69, 9.17) is 0 Å². The normalized spacial score (nSPS) is 10.6. The van der Waals surface area contributed by atoms with Gasteiger partial charge in [0.15, 0.2) is 11.6 Å². The summed E-state index contributed by atoms with van der Waals surface area (Å²) in [5, 5.41) is 0. The molecule has 2 rings (SSSR count). The predicted molar refractivity (Wildman–Crippen MR) is 55.1 cm³/mol. The van der Waals surface area contributed by atoms with Gasteiger partial charge in [-0.25, -0.2) is 4.39 Å². The average Bonchev–Trinajstić information content (AvgIpc) is 2.32. The fourth-order valence-corrected chi connectivity index (χ4v) is 1.35. The van der Waals surface area contributed by atoms with Crippen LogP contribution in [-0.2, 0) is 0 Å². The van der Waals surface area contributed by atoms with Gasteiger partial charge >= 0.3 is 6.61 Å². The lowest BCUT2D eigenvalue weighted by Crippen LogP contribution is -2.03. The van der Waals surface area contributed by atoms with Crippen LogP contribution < -0.4 is 4.74 Å². The van der Waals surface area contributed by atoms with E-state index in [2.05, 4.69) is 15.8 Å². The lowest BCUT2D eigenvalue weighted by atomic mass is 10.1. The number of alkyl halides is 2. The molecule has 5 heteroatoms. The maximum absolute atomic E-state index is 13.2. The zero-order valence-corrected chi connectivity index (χ0v) is 8.53. The molecule has 0 aliphatic rings. The van der Waals surface area contributed by atoms with E-state index in [0.717, 1.165) is 6.07 Å². The number of rotatable bonds is 3. The zero-order chi connectivity index (χ0) is 12.3. The van der Waals surface area contributed by atoms with Gasteiger partial charge in [0.05, 0.1) is 0 Å². The van der Waals surface area contributed by atoms with Gasteiger partial charge in [0.25, 0.3) is 0 Å². The average molecular weight is 238 g/mol. The van der Waals surface area contributed by atoms with Crippen LogP contribution in [0.3, 0.4) is 0 Å². The van der Waals surface area contributed by atoms with Crippen LogP contribution in [0.15, 0.2) is 36.7 Å². The summed E-state index contributed by atoms with van der Waals surface area (Å²) >= 11 is 0. The first kappa shape index (κ1) is 11.4. The van der Waals surface area contributed by atoms with Crippen molar-refractivity contribution in [3.8, 4) is 16.9 Å². The molecular weight excluding hydrogens is 231 g/mol. The highest BCUT2D eigenvalue weighted by atomic mass is 19.3. The minimum atomic E-state index is -3.06. The summed E-state index contributed by atoms with van der Waals surface area (Å²) in [5.41, 5.74) is 1.18. The summed E-state index contributed by atoms with van der Waals surface area (Å²) in [4.78, 5) is 3.84. The van der Waals surface area contributed by atoms with E-state index in [1.165, 1.54) is 24.5 Å². The molecule has 0 aliphatic heterocycles. The molecule has 17 heavy (non-hydrogen) atoms. The highest BCUT2D eigenvalue weighted by molar-refractivity contribution is 5.64. The van der Waals surface area contributed by atoms with Crippen molar-refractivity contribution < 1.29 is 17.9 Å². The first-order valence-electron chi connectivity index (χ1n) is 4.72. The summed E-state index contributed by atoms with van der Waals surface area (Å²) in [7, 11) is 0. The van der Waals surface area contributed by atoms with Crippen molar-refractivity contribution in [2.75, 3.05) is 0 Å². The Balaban J connectivity index is 2.37. The first-order chi connectivity index (χ1) is 8.16. The molecule has 1 heterocycles. The largest absolute Gasteiger partial charge is 0.432 e. The number of aromatic nitrogens is 1. The standard InChI is InChI=1S/C12H7F3NO/c13-10-4-3-8(6-11(10)17-12(14)15)9-2-1-5-16-7-9/h2-7,12H. The molecule has 2 nitrogen and oxygen atoms in total. The summed E-state index contributed by atoms with van der Waals surface area (Å²) in [6.45, 7) is -3.06. The van der Waals surface area contributed by atoms with Gasteiger partial charge in [-0.3, -0.25) is 4.98 Å². The monoisotopic (exact) mass is 238 g/mol. The van der Waals surface area contributed by atoms with Crippen molar-refractivity contribution in [1.82, 2.24) is 4.98 Å². The van der Waals surface area contributed by atoms with Gasteiger partial charge in [-0.2, -0.15) is 8.78 Å². The molecule has 0 fully saturated rings. The van der Waals surface area contributed by atoms with Crippen LogP contribution >= 0.6 is 0 Å². The molecule has 0 unspecified atom stereocenters. The molecule has 0 aliphatic carbocycles. The van der Waals surface area contributed by atoms with Crippen molar-refractivity contribution in [2.24, 2.45) is 0 Å². The quantitative estimate of drug-likeness (QED) is 0.818. The van der Waals surface area contributed by atoms with Gasteiger partial charge in [-0.1, -0.05) is 6.07 Å². The number of ether oxygens (including phenoxy) is 1. The Bertz CT molecular complexity index is 502. The van der Waals surface area contributed by atoms with Crippen LogP contribution in [-0.4, -0.2) is 11.6 Å². The molecule has 0 saturated carbocycles. The highest BCUT2D eigenvalue weighted by Crippen LogP contribution is 2.26. The second-order valence-electron chi connectivity index (χ2n) is 3.20. The Kier molecular flexibility index (Phi) is 3.27. The molecule has 0 spiro atoms. The summed E-state index contributed by atoms with van der Waals surface area (Å²) < 4.78 is 41.3. The molecule has 0 saturated heterocycles. The van der Waals surface area contributed by atoms with Crippen LogP contribution in [0.4, 0.5) is 13.2 Å². The van der Waals surface area contributed by atoms with Gasteiger partial charge in [0, 0.05) is 24.0 Å². The third-order valence-electron chi connectivity index (χ3n) is 2.08. The first-order valence-corrected chi connectivity index (χ1v) is 4.72. The van der Waals surface area contributed by atoms with Crippen molar-refractivity contribution in [2.45, 2.75) is 6.61 Å². The second-order valence-corrected chi connectivity index (χ2v) is 3.20. The van der Waals surface area contributed by atoms with E-state index in [1.807, 2.05) is 0 Å². The number of hydrogen-bond acceptors (Lipinski definition) is 2. The SMILES string of the molecule is Fc1ccc(-c2c[c]cnc2)cc1OC(F)F. The minimum absolute atomic E-state index is 0.485. The lowest BCUT2D eigenvalue weighted by molar-refractivity contribution is -0.0521. The Morgan fingerprint density at radius 3 is 2.71 bits per heavy atom. The fourth-order valence-electron chi connectivity index (χ4n) is 1.35. The van der Waals surface area contributed by atoms with Crippen molar-refractivity contribution in [3.63, 3.8) is 0 Å². The topological polar surface area (TPSA) is 22.1 Å². The highest BCUT2D eigenvalue weighted by Gasteiger charge is 2.11. The molecule has 0 N–H and O–H groups in total. The maximum Gasteiger partial charge on any atom is 0.387 e. The van der Waals surface area contributed by atoms with E-state index in [1.54, 1.807) is 6.07 Å². The minimum Gasteiger partial charge on any atom is -0.432 e. The van der Waals surface area contributed by atoms with Crippen molar-refractivity contribution in [3.05, 3.63) is 48.5 Å². The summed E-state index contributed by atoms with van der Waals surface area (Å²) in [5.74, 6) is -1.32. The van der Waals surface area contributed by atoms with Gasteiger partial charge in [0.2, 0.25) is 0 Å². The number of pyridine rings is 1. The van der Waals surface area contributed by atoms with E-state index >= 15 is 0 Å². The van der Waals surface area contributed by atoms with E-state index in [0.29, 0.717) is 11.1 Å². The fraction of sp³-hybridized carbons (Fsp3) is 0.0833. The second kappa shape index (κ2) is 4.86. The Labute approximate surface area is 95.7 Å². The lowest BCUT2D eigenvalue weighted by Gasteiger charge is -2.07. The maximum atomic E-state index is 13.2. The molecule has 1 radical (unpaired) electrons. The molecule has 0 atom stereocenters. The van der Waals surface area contributed by atoms with Crippen LogP contribution in [0.25, 0.3) is 11.1 Å². The number of benzene rings is 1. The van der Waals surface area contributed by atoms with E-state index in [-0.39, 0.29) is 0 Å². The summed E-state index contributed by atoms with van der Waals surface area (Å²) in [6.07, 6.45) is 2.99. The van der Waals surface area contributed by atoms with Crippen molar-refractivity contribution in [1.29, 1.82) is 0 Å². The zero-order valence-electron chi connectivity index (χ0n) is 8.53. The molecule has 0 amide bonds. The number of nitrogens with zero attached hydrogens (tertiary/aromatic N) is 1. The molecule has 1 aromatic carbocycles. The summed E-state index contributed by atoms with van der Waals surface area (Å²) in [6, 6.07) is 8.09. The van der Waals surface area contributed by atoms with Gasteiger partial charge in [-0.15, -0.1) is 0 Å². The third-order valence-corrected chi connectivity index (χ3v) is 2.08. The van der Waals surface area contributed by atoms with Crippen LogP contribution in [0.5, 0.6) is 5.75 Å². The van der Waals surface area contributed by atoms with E-state index in [9.17, 15) is 13.2 Å². The smallest absolute Gasteiger partial charge is 0.387 e. The van der Waals surface area contributed by atoms with Crippen LogP contribution in [0, 0.1) is 11.9 Å². The van der Waals surface area contributed by atoms with Gasteiger partial charge in [0.1, 0.15) is 0 Å². The Morgan fingerprint density at radius 1 is 1.24 bits per heavy atom.